The van der Waals surface area contributed by atoms with Gasteiger partial charge in [0, 0.05) is 13.0 Å². The second kappa shape index (κ2) is 20.4. The number of nitrogens with one attached hydrogen (secondary N) is 1. The molecule has 2 nitrogen and oxygen atoms in total. The van der Waals surface area contributed by atoms with Crippen molar-refractivity contribution < 1.29 is 4.79 Å². The predicted molar refractivity (Wildman–Crippen MR) is 136 cm³/mol. The lowest BCUT2D eigenvalue weighted by atomic mass is 10.2. The standard InChI is InChI=1S/C29H39NO/c1-2-3-4-5-6-7-8-9-10-11-12-13-14-15-16-17-18-19-23-26-29(31)30-27-28-24-21-20-22-25-28/h3-4,6-7,9-10,12-13,15-16,18-22,24-25H,2,5,8,11,14,17,23,26-27H2,1H3,(H,30,31). The first kappa shape index (κ1) is 26.2. The van der Waals surface area contributed by atoms with Gasteiger partial charge in [0.1, 0.15) is 0 Å². The third-order valence-corrected chi connectivity index (χ3v) is 4.47. The number of hydrogen-bond donors (Lipinski definition) is 1. The highest BCUT2D eigenvalue weighted by Gasteiger charge is 1.98. The van der Waals surface area contributed by atoms with E-state index in [2.05, 4.69) is 85.2 Å². The molecule has 1 rings (SSSR count). The molecular formula is C29H39NO. The number of benzene rings is 1. The quantitative estimate of drug-likeness (QED) is 0.273. The van der Waals surface area contributed by atoms with Crippen molar-refractivity contribution in [1.82, 2.24) is 5.32 Å². The molecule has 0 aliphatic carbocycles. The van der Waals surface area contributed by atoms with Crippen LogP contribution in [0.3, 0.4) is 0 Å². The number of allylic oxidation sites excluding steroid dienone is 12. The maximum atomic E-state index is 11.8. The highest BCUT2D eigenvalue weighted by atomic mass is 16.1. The summed E-state index contributed by atoms with van der Waals surface area (Å²) in [6.45, 7) is 2.76. The first-order chi connectivity index (χ1) is 15.3. The van der Waals surface area contributed by atoms with Gasteiger partial charge in [-0.1, -0.05) is 110 Å². The molecule has 0 atom stereocenters. The average molecular weight is 418 g/mol. The highest BCUT2D eigenvalue weighted by molar-refractivity contribution is 5.75. The zero-order valence-corrected chi connectivity index (χ0v) is 19.1. The molecule has 166 valence electrons. The monoisotopic (exact) mass is 417 g/mol. The van der Waals surface area contributed by atoms with Crippen LogP contribution < -0.4 is 5.32 Å². The van der Waals surface area contributed by atoms with E-state index in [1.807, 2.05) is 30.3 Å². The molecule has 0 bridgehead atoms. The second-order valence-corrected chi connectivity index (χ2v) is 7.22. The molecular weight excluding hydrogens is 378 g/mol. The molecule has 31 heavy (non-hydrogen) atoms. The van der Waals surface area contributed by atoms with Crippen LogP contribution in [0, 0.1) is 0 Å². The normalized spacial score (nSPS) is 12.5. The molecule has 0 aliphatic heterocycles. The Labute approximate surface area is 189 Å². The molecule has 1 aromatic rings. The molecule has 2 heteroatoms. The summed E-state index contributed by atoms with van der Waals surface area (Å²) in [5.74, 6) is 0.100. The van der Waals surface area contributed by atoms with Crippen molar-refractivity contribution in [1.29, 1.82) is 0 Å². The summed E-state index contributed by atoms with van der Waals surface area (Å²) in [4.78, 5) is 11.8. The van der Waals surface area contributed by atoms with E-state index in [0.717, 1.165) is 50.5 Å². The van der Waals surface area contributed by atoms with Crippen molar-refractivity contribution in [3.8, 4) is 0 Å². The van der Waals surface area contributed by atoms with E-state index < -0.39 is 0 Å². The van der Waals surface area contributed by atoms with E-state index in [9.17, 15) is 4.79 Å². The Morgan fingerprint density at radius 3 is 1.61 bits per heavy atom. The fourth-order valence-electron chi connectivity index (χ4n) is 2.74. The lowest BCUT2D eigenvalue weighted by molar-refractivity contribution is -0.121. The highest BCUT2D eigenvalue weighted by Crippen LogP contribution is 2.00. The summed E-state index contributed by atoms with van der Waals surface area (Å²) in [7, 11) is 0. The minimum absolute atomic E-state index is 0.100. The van der Waals surface area contributed by atoms with Gasteiger partial charge in [0.25, 0.3) is 0 Å². The Kier molecular flexibility index (Phi) is 17.2. The number of carbonyl (C=O) groups is 1. The summed E-state index contributed by atoms with van der Waals surface area (Å²) < 4.78 is 0. The second-order valence-electron chi connectivity index (χ2n) is 7.22. The summed E-state index contributed by atoms with van der Waals surface area (Å²) in [5.41, 5.74) is 1.13. The third kappa shape index (κ3) is 17.7. The molecule has 0 fully saturated rings. The van der Waals surface area contributed by atoms with Crippen LogP contribution in [0.1, 0.15) is 63.9 Å². The number of hydrogen-bond acceptors (Lipinski definition) is 1. The molecule has 0 spiro atoms. The molecule has 0 radical (unpaired) electrons. The van der Waals surface area contributed by atoms with Gasteiger partial charge in [-0.25, -0.2) is 0 Å². The van der Waals surface area contributed by atoms with E-state index >= 15 is 0 Å². The lowest BCUT2D eigenvalue weighted by Gasteiger charge is -2.03. The SMILES string of the molecule is CCC=CCC=CCC=CCC=CCC=CCC=CCCC(=O)NCc1ccccc1. The van der Waals surface area contributed by atoms with Crippen LogP contribution in [0.25, 0.3) is 0 Å². The Balaban J connectivity index is 1.96. The van der Waals surface area contributed by atoms with Gasteiger partial charge in [-0.15, -0.1) is 0 Å². The van der Waals surface area contributed by atoms with E-state index in [0.29, 0.717) is 13.0 Å². The first-order valence-corrected chi connectivity index (χ1v) is 11.5. The summed E-state index contributed by atoms with van der Waals surface area (Å²) in [5, 5.41) is 2.95. The predicted octanol–water partition coefficient (Wildman–Crippen LogP) is 7.78. The zero-order chi connectivity index (χ0) is 22.2. The molecule has 1 amide bonds. The van der Waals surface area contributed by atoms with Gasteiger partial charge >= 0.3 is 0 Å². The van der Waals surface area contributed by atoms with Crippen molar-refractivity contribution in [2.45, 2.75) is 64.8 Å². The number of amides is 1. The van der Waals surface area contributed by atoms with E-state index in [4.69, 9.17) is 0 Å². The van der Waals surface area contributed by atoms with Crippen LogP contribution in [0.4, 0.5) is 0 Å². The number of rotatable bonds is 16. The van der Waals surface area contributed by atoms with Gasteiger partial charge in [0.15, 0.2) is 0 Å². The Morgan fingerprint density at radius 2 is 1.13 bits per heavy atom. The van der Waals surface area contributed by atoms with Crippen LogP contribution in [-0.4, -0.2) is 5.91 Å². The van der Waals surface area contributed by atoms with Gasteiger partial charge in [-0.3, -0.25) is 4.79 Å². The number of carbonyl (C=O) groups excluding carboxylic acids is 1. The van der Waals surface area contributed by atoms with Gasteiger partial charge in [0.05, 0.1) is 0 Å². The topological polar surface area (TPSA) is 29.1 Å². The van der Waals surface area contributed by atoms with Crippen LogP contribution >= 0.6 is 0 Å². The summed E-state index contributed by atoms with van der Waals surface area (Å²) in [6, 6.07) is 9.99. The maximum absolute atomic E-state index is 11.8. The molecule has 0 saturated heterocycles. The molecule has 0 aromatic heterocycles. The Hall–Kier alpha value is -2.87. The molecule has 1 N–H and O–H groups in total. The van der Waals surface area contributed by atoms with Crippen LogP contribution in [0.5, 0.6) is 0 Å². The maximum Gasteiger partial charge on any atom is 0.220 e. The van der Waals surface area contributed by atoms with Crippen LogP contribution in [0.15, 0.2) is 103 Å². The van der Waals surface area contributed by atoms with E-state index in [1.165, 1.54) is 0 Å². The minimum atomic E-state index is 0.100. The van der Waals surface area contributed by atoms with Crippen molar-refractivity contribution in [3.63, 3.8) is 0 Å². The average Bonchev–Trinajstić information content (AvgIpc) is 2.80. The fourth-order valence-corrected chi connectivity index (χ4v) is 2.74. The third-order valence-electron chi connectivity index (χ3n) is 4.47. The minimum Gasteiger partial charge on any atom is -0.352 e. The summed E-state index contributed by atoms with van der Waals surface area (Å²) >= 11 is 0. The van der Waals surface area contributed by atoms with Crippen molar-refractivity contribution >= 4 is 5.91 Å². The van der Waals surface area contributed by atoms with Crippen molar-refractivity contribution in [3.05, 3.63) is 109 Å². The van der Waals surface area contributed by atoms with Gasteiger partial charge < -0.3 is 5.32 Å². The van der Waals surface area contributed by atoms with E-state index in [-0.39, 0.29) is 5.91 Å². The van der Waals surface area contributed by atoms with Crippen molar-refractivity contribution in [2.24, 2.45) is 0 Å². The van der Waals surface area contributed by atoms with E-state index in [1.54, 1.807) is 0 Å². The van der Waals surface area contributed by atoms with Crippen molar-refractivity contribution in [2.75, 3.05) is 0 Å². The molecule has 0 saturated carbocycles. The Morgan fingerprint density at radius 1 is 0.677 bits per heavy atom. The van der Waals surface area contributed by atoms with Crippen LogP contribution in [0.2, 0.25) is 0 Å². The lowest BCUT2D eigenvalue weighted by Crippen LogP contribution is -2.22. The molecule has 1 aromatic carbocycles. The van der Waals surface area contributed by atoms with Gasteiger partial charge in [-0.2, -0.15) is 0 Å². The molecule has 0 heterocycles. The smallest absolute Gasteiger partial charge is 0.220 e. The first-order valence-electron chi connectivity index (χ1n) is 11.5. The Bertz CT molecular complexity index is 735. The fraction of sp³-hybridized carbons (Fsp3) is 0.345. The summed E-state index contributed by atoms with van der Waals surface area (Å²) in [6.07, 6.45) is 33.6. The van der Waals surface area contributed by atoms with Gasteiger partial charge in [0.2, 0.25) is 5.91 Å². The van der Waals surface area contributed by atoms with Crippen LogP contribution in [-0.2, 0) is 11.3 Å². The molecule has 0 unspecified atom stereocenters. The molecule has 0 aliphatic rings. The zero-order valence-electron chi connectivity index (χ0n) is 19.1. The largest absolute Gasteiger partial charge is 0.352 e. The van der Waals surface area contributed by atoms with Gasteiger partial charge in [-0.05, 0) is 50.5 Å².